The molecule has 0 radical (unpaired) electrons. The Bertz CT molecular complexity index is 439. The van der Waals surface area contributed by atoms with Crippen molar-refractivity contribution in [3.05, 3.63) is 24.3 Å². The highest BCUT2D eigenvalue weighted by Crippen LogP contribution is 2.56. The van der Waals surface area contributed by atoms with Crippen molar-refractivity contribution in [1.29, 1.82) is 0 Å². The maximum Gasteiger partial charge on any atom is 0.334 e. The number of fused-ring (bicyclic) bond motifs is 2. The van der Waals surface area contributed by atoms with Crippen molar-refractivity contribution in [3.63, 3.8) is 0 Å². The first-order valence-electron chi connectivity index (χ1n) is 6.69. The number of carbonyl (C=O) groups excluding carboxylic acids is 1. The van der Waals surface area contributed by atoms with Crippen LogP contribution in [0.5, 0.6) is 0 Å². The summed E-state index contributed by atoms with van der Waals surface area (Å²) in [6.07, 6.45) is 2.83. The molecule has 1 N–H and O–H groups in total. The zero-order valence-corrected chi connectivity index (χ0v) is 10.8. The van der Waals surface area contributed by atoms with Gasteiger partial charge >= 0.3 is 5.97 Å². The first kappa shape index (κ1) is 12.0. The predicted octanol–water partition coefficient (Wildman–Crippen LogP) is 2.21. The third kappa shape index (κ3) is 1.43. The van der Waals surface area contributed by atoms with Gasteiger partial charge in [-0.3, -0.25) is 0 Å². The molecule has 3 heteroatoms. The van der Waals surface area contributed by atoms with Crippen LogP contribution in [0.2, 0.25) is 0 Å². The number of esters is 1. The van der Waals surface area contributed by atoms with Crippen LogP contribution in [-0.2, 0) is 9.53 Å². The molecule has 1 saturated heterocycles. The third-order valence-corrected chi connectivity index (χ3v) is 5.34. The number of allylic oxidation sites excluding steroid dienone is 1. The van der Waals surface area contributed by atoms with Crippen molar-refractivity contribution in [1.82, 2.24) is 0 Å². The van der Waals surface area contributed by atoms with Crippen molar-refractivity contribution in [2.24, 2.45) is 17.3 Å². The summed E-state index contributed by atoms with van der Waals surface area (Å²) in [6.45, 7) is 10.1. The minimum absolute atomic E-state index is 0.0909. The second-order valence-corrected chi connectivity index (χ2v) is 6.29. The molecule has 1 heterocycles. The number of aliphatic hydroxyl groups excluding tert-OH is 1. The molecular weight excluding hydrogens is 228 g/mol. The Morgan fingerprint density at radius 1 is 1.44 bits per heavy atom. The lowest BCUT2D eigenvalue weighted by atomic mass is 9.54. The Labute approximate surface area is 108 Å². The van der Waals surface area contributed by atoms with Crippen LogP contribution in [0.15, 0.2) is 24.3 Å². The highest BCUT2D eigenvalue weighted by Gasteiger charge is 2.55. The van der Waals surface area contributed by atoms with Gasteiger partial charge < -0.3 is 9.84 Å². The predicted molar refractivity (Wildman–Crippen MR) is 67.7 cm³/mol. The van der Waals surface area contributed by atoms with Gasteiger partial charge in [0.25, 0.3) is 0 Å². The van der Waals surface area contributed by atoms with Crippen LogP contribution in [-0.4, -0.2) is 23.3 Å². The molecule has 0 aromatic heterocycles. The van der Waals surface area contributed by atoms with Crippen LogP contribution in [0.1, 0.15) is 32.6 Å². The van der Waals surface area contributed by atoms with Crippen LogP contribution in [0.25, 0.3) is 0 Å². The Hall–Kier alpha value is -1.09. The zero-order chi connectivity index (χ0) is 13.1. The van der Waals surface area contributed by atoms with E-state index in [0.29, 0.717) is 5.57 Å². The summed E-state index contributed by atoms with van der Waals surface area (Å²) in [5, 5.41) is 10.3. The molecule has 2 saturated carbocycles. The minimum Gasteiger partial charge on any atom is -0.458 e. The highest BCUT2D eigenvalue weighted by atomic mass is 16.6. The molecule has 0 aromatic rings. The summed E-state index contributed by atoms with van der Waals surface area (Å²) in [7, 11) is 0. The summed E-state index contributed by atoms with van der Waals surface area (Å²) >= 11 is 0. The summed E-state index contributed by atoms with van der Waals surface area (Å²) in [5.41, 5.74) is 1.63. The standard InChI is InChI=1S/C15H20O3/c1-8-4-5-13(16)15(3)7-12-10(6-11(8)15)9(2)14(17)18-12/h10-13,16H,1-2,4-7H2,3H3/t10-,11?,12-,13-,15-/m1/s1. The topological polar surface area (TPSA) is 46.5 Å². The lowest BCUT2D eigenvalue weighted by Crippen LogP contribution is -2.50. The molecule has 3 aliphatic rings. The van der Waals surface area contributed by atoms with Gasteiger partial charge in [0.1, 0.15) is 6.10 Å². The summed E-state index contributed by atoms with van der Waals surface area (Å²) in [4.78, 5) is 11.6. The largest absolute Gasteiger partial charge is 0.458 e. The highest BCUT2D eigenvalue weighted by molar-refractivity contribution is 5.90. The monoisotopic (exact) mass is 248 g/mol. The summed E-state index contributed by atoms with van der Waals surface area (Å²) in [6, 6.07) is 0. The van der Waals surface area contributed by atoms with Crippen molar-refractivity contribution < 1.29 is 14.6 Å². The van der Waals surface area contributed by atoms with E-state index in [0.717, 1.165) is 25.7 Å². The molecule has 3 fully saturated rings. The average Bonchev–Trinajstić information content (AvgIpc) is 2.58. The number of hydrogen-bond donors (Lipinski definition) is 1. The quantitative estimate of drug-likeness (QED) is 0.406. The number of ether oxygens (including phenoxy) is 1. The van der Waals surface area contributed by atoms with E-state index in [4.69, 9.17) is 4.74 Å². The van der Waals surface area contributed by atoms with Crippen LogP contribution in [0, 0.1) is 17.3 Å². The second kappa shape index (κ2) is 3.70. The molecule has 18 heavy (non-hydrogen) atoms. The maximum absolute atomic E-state index is 11.6. The van der Waals surface area contributed by atoms with Gasteiger partial charge in [-0.25, -0.2) is 4.79 Å². The van der Waals surface area contributed by atoms with E-state index >= 15 is 0 Å². The summed E-state index contributed by atoms with van der Waals surface area (Å²) < 4.78 is 5.40. The Balaban J connectivity index is 1.94. The molecule has 0 amide bonds. The van der Waals surface area contributed by atoms with Crippen molar-refractivity contribution in [3.8, 4) is 0 Å². The van der Waals surface area contributed by atoms with Gasteiger partial charge in [-0.15, -0.1) is 0 Å². The molecule has 98 valence electrons. The SMILES string of the molecule is C=C1CC[C@@H](O)[C@]2(C)C[C@H]3OC(=O)C(=C)[C@H]3CC12. The zero-order valence-electron chi connectivity index (χ0n) is 10.8. The van der Waals surface area contributed by atoms with Gasteiger partial charge in [-0.1, -0.05) is 25.7 Å². The van der Waals surface area contributed by atoms with Gasteiger partial charge in [0, 0.05) is 16.9 Å². The molecule has 3 rings (SSSR count). The molecule has 2 aliphatic carbocycles. The molecule has 0 bridgehead atoms. The van der Waals surface area contributed by atoms with E-state index in [1.54, 1.807) is 0 Å². The van der Waals surface area contributed by atoms with Crippen molar-refractivity contribution in [2.75, 3.05) is 0 Å². The van der Waals surface area contributed by atoms with Crippen LogP contribution in [0.3, 0.4) is 0 Å². The van der Waals surface area contributed by atoms with E-state index in [-0.39, 0.29) is 35.4 Å². The van der Waals surface area contributed by atoms with Crippen LogP contribution in [0.4, 0.5) is 0 Å². The Morgan fingerprint density at radius 2 is 2.17 bits per heavy atom. The fraction of sp³-hybridized carbons (Fsp3) is 0.667. The van der Waals surface area contributed by atoms with Crippen LogP contribution >= 0.6 is 0 Å². The Morgan fingerprint density at radius 3 is 2.89 bits per heavy atom. The Kier molecular flexibility index (Phi) is 2.46. The van der Waals surface area contributed by atoms with Gasteiger partial charge in [0.05, 0.1) is 6.10 Å². The fourth-order valence-corrected chi connectivity index (χ4v) is 4.08. The lowest BCUT2D eigenvalue weighted by Gasteiger charge is -2.51. The van der Waals surface area contributed by atoms with Gasteiger partial charge in [-0.2, -0.15) is 0 Å². The molecule has 1 unspecified atom stereocenters. The van der Waals surface area contributed by atoms with E-state index in [2.05, 4.69) is 20.1 Å². The molecule has 1 aliphatic heterocycles. The third-order valence-electron chi connectivity index (χ3n) is 5.34. The fourth-order valence-electron chi connectivity index (χ4n) is 4.08. The minimum atomic E-state index is -0.318. The van der Waals surface area contributed by atoms with E-state index in [9.17, 15) is 9.90 Å². The van der Waals surface area contributed by atoms with Gasteiger partial charge in [0.15, 0.2) is 0 Å². The molecule has 5 atom stereocenters. The van der Waals surface area contributed by atoms with E-state index in [1.807, 2.05) is 0 Å². The lowest BCUT2D eigenvalue weighted by molar-refractivity contribution is -0.145. The molecule has 0 spiro atoms. The van der Waals surface area contributed by atoms with E-state index in [1.165, 1.54) is 5.57 Å². The average molecular weight is 248 g/mol. The first-order valence-corrected chi connectivity index (χ1v) is 6.69. The molecular formula is C15H20O3. The smallest absolute Gasteiger partial charge is 0.334 e. The molecule has 3 nitrogen and oxygen atoms in total. The normalized spacial score (nSPS) is 47.6. The van der Waals surface area contributed by atoms with Gasteiger partial charge in [-0.05, 0) is 31.6 Å². The van der Waals surface area contributed by atoms with Crippen molar-refractivity contribution >= 4 is 5.97 Å². The van der Waals surface area contributed by atoms with Gasteiger partial charge in [0.2, 0.25) is 0 Å². The maximum atomic E-state index is 11.6. The number of rotatable bonds is 0. The second-order valence-electron chi connectivity index (χ2n) is 6.29. The number of aliphatic hydroxyl groups is 1. The number of carbonyl (C=O) groups is 1. The van der Waals surface area contributed by atoms with Crippen molar-refractivity contribution in [2.45, 2.75) is 44.8 Å². The van der Waals surface area contributed by atoms with Crippen LogP contribution < -0.4 is 0 Å². The summed E-state index contributed by atoms with van der Waals surface area (Å²) in [5.74, 6) is 0.152. The van der Waals surface area contributed by atoms with E-state index < -0.39 is 0 Å². The first-order chi connectivity index (χ1) is 8.43. The number of hydrogen-bond acceptors (Lipinski definition) is 3. The molecule has 0 aromatic carbocycles.